The van der Waals surface area contributed by atoms with Gasteiger partial charge in [0.15, 0.2) is 0 Å². The number of likely N-dealkylation sites (tertiary alicyclic amines) is 1. The third-order valence-corrected chi connectivity index (χ3v) is 3.99. The Labute approximate surface area is 94.0 Å². The molecule has 0 aromatic rings. The zero-order valence-corrected chi connectivity index (χ0v) is 9.32. The predicted molar refractivity (Wildman–Crippen MR) is 57.9 cm³/mol. The molecule has 1 N–H and O–H groups in total. The molecule has 2 rings (SSSR count). The number of carboxylic acids is 1. The van der Waals surface area contributed by atoms with Gasteiger partial charge in [-0.3, -0.25) is 4.79 Å². The first-order chi connectivity index (χ1) is 7.11. The van der Waals surface area contributed by atoms with Gasteiger partial charge in [-0.25, -0.2) is 4.79 Å². The first-order valence-electron chi connectivity index (χ1n) is 5.32. The van der Waals surface area contributed by atoms with Crippen molar-refractivity contribution in [3.05, 3.63) is 0 Å². The maximum Gasteiger partial charge on any atom is 0.326 e. The van der Waals surface area contributed by atoms with E-state index in [2.05, 4.69) is 12.6 Å². The number of rotatable bonds is 2. The van der Waals surface area contributed by atoms with Crippen molar-refractivity contribution in [3.63, 3.8) is 0 Å². The van der Waals surface area contributed by atoms with E-state index >= 15 is 0 Å². The normalized spacial score (nSPS) is 35.0. The van der Waals surface area contributed by atoms with E-state index in [-0.39, 0.29) is 17.1 Å². The largest absolute Gasteiger partial charge is 0.480 e. The molecule has 1 aliphatic carbocycles. The summed E-state index contributed by atoms with van der Waals surface area (Å²) >= 11 is 4.30. The fourth-order valence-corrected chi connectivity index (χ4v) is 2.70. The highest BCUT2D eigenvalue weighted by molar-refractivity contribution is 7.81. The Morgan fingerprint density at radius 1 is 1.27 bits per heavy atom. The number of carbonyl (C=O) groups excluding carboxylic acids is 1. The van der Waals surface area contributed by atoms with E-state index in [1.54, 1.807) is 0 Å². The van der Waals surface area contributed by atoms with E-state index in [4.69, 9.17) is 5.11 Å². The predicted octanol–water partition coefficient (Wildman–Crippen LogP) is 0.770. The minimum atomic E-state index is -0.879. The first-order valence-corrected chi connectivity index (χ1v) is 5.84. The molecular formula is C10H15NO3S. The third-order valence-electron chi connectivity index (χ3n) is 3.38. The number of nitrogens with zero attached hydrogens (tertiary/aromatic N) is 1. The third kappa shape index (κ3) is 1.85. The summed E-state index contributed by atoms with van der Waals surface area (Å²) in [7, 11) is 0. The molecule has 0 bridgehead atoms. The van der Waals surface area contributed by atoms with Gasteiger partial charge < -0.3 is 10.0 Å². The van der Waals surface area contributed by atoms with Crippen molar-refractivity contribution in [1.29, 1.82) is 0 Å². The number of carbonyl (C=O) groups is 2. The van der Waals surface area contributed by atoms with Gasteiger partial charge >= 0.3 is 5.97 Å². The highest BCUT2D eigenvalue weighted by Crippen LogP contribution is 2.35. The van der Waals surface area contributed by atoms with Crippen LogP contribution in [0.2, 0.25) is 0 Å². The van der Waals surface area contributed by atoms with Gasteiger partial charge in [0.25, 0.3) is 0 Å². The summed E-state index contributed by atoms with van der Waals surface area (Å²) in [6.07, 6.45) is 3.21. The number of hydrogen-bond donors (Lipinski definition) is 2. The lowest BCUT2D eigenvalue weighted by Gasteiger charge is -2.35. The Kier molecular flexibility index (Phi) is 2.91. The number of hydrogen-bond acceptors (Lipinski definition) is 3. The summed E-state index contributed by atoms with van der Waals surface area (Å²) in [5.41, 5.74) is 0. The summed E-state index contributed by atoms with van der Waals surface area (Å²) < 4.78 is 0. The maximum atomic E-state index is 12.0. The number of thiol groups is 1. The minimum Gasteiger partial charge on any atom is -0.480 e. The quantitative estimate of drug-likeness (QED) is 0.688. The average Bonchev–Trinajstić information content (AvgIpc) is 2.63. The van der Waals surface area contributed by atoms with Crippen LogP contribution in [-0.2, 0) is 9.59 Å². The summed E-state index contributed by atoms with van der Waals surface area (Å²) in [5, 5.41) is 9.09. The van der Waals surface area contributed by atoms with Gasteiger partial charge in [-0.2, -0.15) is 12.6 Å². The Balaban J connectivity index is 2.03. The molecule has 84 valence electrons. The molecule has 0 unspecified atom stereocenters. The highest BCUT2D eigenvalue weighted by Gasteiger charge is 2.42. The standard InChI is InChI=1S/C10H15NO3S/c12-9(6-3-4-8(6)15)11-5-1-2-7(11)10(13)14/h6-8,15H,1-5H2,(H,13,14)/t6-,7-,8-/m0/s1. The molecule has 0 spiro atoms. The van der Waals surface area contributed by atoms with Crippen LogP contribution in [0.3, 0.4) is 0 Å². The fraction of sp³-hybridized carbons (Fsp3) is 0.800. The second-order valence-electron chi connectivity index (χ2n) is 4.28. The lowest BCUT2D eigenvalue weighted by molar-refractivity contribution is -0.150. The molecule has 1 saturated heterocycles. The van der Waals surface area contributed by atoms with Gasteiger partial charge in [-0.15, -0.1) is 0 Å². The second kappa shape index (κ2) is 4.04. The molecule has 1 aliphatic heterocycles. The zero-order valence-electron chi connectivity index (χ0n) is 8.43. The van der Waals surface area contributed by atoms with E-state index in [0.29, 0.717) is 13.0 Å². The van der Waals surface area contributed by atoms with Crippen LogP contribution in [0.15, 0.2) is 0 Å². The molecule has 1 heterocycles. The summed E-state index contributed by atoms with van der Waals surface area (Å²) in [6.45, 7) is 0.590. The highest BCUT2D eigenvalue weighted by atomic mass is 32.1. The first kappa shape index (κ1) is 10.8. The average molecular weight is 229 g/mol. The molecule has 15 heavy (non-hydrogen) atoms. The Morgan fingerprint density at radius 3 is 2.47 bits per heavy atom. The van der Waals surface area contributed by atoms with E-state index in [1.807, 2.05) is 0 Å². The topological polar surface area (TPSA) is 57.6 Å². The van der Waals surface area contributed by atoms with Gasteiger partial charge in [-0.05, 0) is 25.7 Å². The molecule has 1 amide bonds. The SMILES string of the molecule is O=C(O)[C@@H]1CCCN1C(=O)[C@H]1CC[C@@H]1S. The summed E-state index contributed by atoms with van der Waals surface area (Å²) in [5.74, 6) is -0.935. The van der Waals surface area contributed by atoms with Crippen LogP contribution < -0.4 is 0 Å². The fourth-order valence-electron chi connectivity index (χ4n) is 2.27. The van der Waals surface area contributed by atoms with Crippen molar-refractivity contribution in [2.75, 3.05) is 6.54 Å². The molecule has 2 aliphatic rings. The minimum absolute atomic E-state index is 0.00819. The molecule has 4 nitrogen and oxygen atoms in total. The van der Waals surface area contributed by atoms with Crippen molar-refractivity contribution >= 4 is 24.5 Å². The molecule has 0 radical (unpaired) electrons. The second-order valence-corrected chi connectivity index (χ2v) is 4.94. The number of amides is 1. The van der Waals surface area contributed by atoms with Crippen LogP contribution in [0.25, 0.3) is 0 Å². The van der Waals surface area contributed by atoms with Crippen LogP contribution in [0.1, 0.15) is 25.7 Å². The Bertz CT molecular complexity index is 294. The Morgan fingerprint density at radius 2 is 2.00 bits per heavy atom. The lowest BCUT2D eigenvalue weighted by atomic mass is 9.83. The molecule has 0 aromatic carbocycles. The molecule has 1 saturated carbocycles. The van der Waals surface area contributed by atoms with Crippen molar-refractivity contribution in [2.24, 2.45) is 5.92 Å². The molecule has 3 atom stereocenters. The van der Waals surface area contributed by atoms with Crippen molar-refractivity contribution in [2.45, 2.75) is 37.0 Å². The van der Waals surface area contributed by atoms with Gasteiger partial charge in [0.1, 0.15) is 6.04 Å². The van der Waals surface area contributed by atoms with Crippen molar-refractivity contribution in [3.8, 4) is 0 Å². The van der Waals surface area contributed by atoms with Gasteiger partial charge in [-0.1, -0.05) is 0 Å². The molecule has 2 fully saturated rings. The number of carboxylic acid groups (broad SMARTS) is 1. The smallest absolute Gasteiger partial charge is 0.326 e. The molecular weight excluding hydrogens is 214 g/mol. The molecule has 5 heteroatoms. The van der Waals surface area contributed by atoms with Gasteiger partial charge in [0.2, 0.25) is 5.91 Å². The van der Waals surface area contributed by atoms with E-state index in [0.717, 1.165) is 19.3 Å². The van der Waals surface area contributed by atoms with E-state index in [1.165, 1.54) is 4.90 Å². The summed E-state index contributed by atoms with van der Waals surface area (Å²) in [6, 6.07) is -0.598. The monoisotopic (exact) mass is 229 g/mol. The van der Waals surface area contributed by atoms with E-state index < -0.39 is 12.0 Å². The maximum absolute atomic E-state index is 12.0. The van der Waals surface area contributed by atoms with E-state index in [9.17, 15) is 9.59 Å². The summed E-state index contributed by atoms with van der Waals surface area (Å²) in [4.78, 5) is 24.4. The van der Waals surface area contributed by atoms with Crippen LogP contribution in [0.4, 0.5) is 0 Å². The van der Waals surface area contributed by atoms with Crippen LogP contribution in [-0.4, -0.2) is 39.7 Å². The lowest BCUT2D eigenvalue weighted by Crippen LogP contribution is -2.48. The van der Waals surface area contributed by atoms with Crippen molar-refractivity contribution < 1.29 is 14.7 Å². The van der Waals surface area contributed by atoms with Gasteiger partial charge in [0.05, 0.1) is 0 Å². The Hall–Kier alpha value is -0.710. The zero-order chi connectivity index (χ0) is 11.0. The number of aliphatic carboxylic acids is 1. The van der Waals surface area contributed by atoms with Crippen LogP contribution in [0, 0.1) is 5.92 Å². The van der Waals surface area contributed by atoms with Crippen molar-refractivity contribution in [1.82, 2.24) is 4.90 Å². The van der Waals surface area contributed by atoms with Gasteiger partial charge in [0, 0.05) is 17.7 Å². The molecule has 0 aromatic heterocycles. The van der Waals surface area contributed by atoms with Crippen LogP contribution in [0.5, 0.6) is 0 Å². The van der Waals surface area contributed by atoms with Crippen LogP contribution >= 0.6 is 12.6 Å².